The topological polar surface area (TPSA) is 12.5 Å². The maximum Gasteiger partial charge on any atom is 0.261 e. The Morgan fingerprint density at radius 3 is 1.07 bits per heavy atom. The molecule has 0 N–H and O–H groups in total. The number of unbranched alkanes of at least 4 members (excludes halogenated alkanes) is 27. The van der Waals surface area contributed by atoms with E-state index in [4.69, 9.17) is 4.43 Å². The summed E-state index contributed by atoms with van der Waals surface area (Å²) in [6.45, 7) is 16.1. The Bertz CT molecular complexity index is 1120. The van der Waals surface area contributed by atoms with E-state index >= 15 is 0 Å². The van der Waals surface area contributed by atoms with E-state index in [2.05, 4.69) is 112 Å². The summed E-state index contributed by atoms with van der Waals surface area (Å²) < 4.78 is 7.35. The van der Waals surface area contributed by atoms with E-state index in [1.807, 2.05) is 0 Å². The molecule has 0 aromatic heterocycles. The lowest BCUT2D eigenvalue weighted by Gasteiger charge is -2.43. The molecule has 0 bridgehead atoms. The van der Waals surface area contributed by atoms with Gasteiger partial charge in [0.1, 0.15) is 0 Å². The highest BCUT2D eigenvalue weighted by atomic mass is 28.4. The zero-order chi connectivity index (χ0) is 41.0. The van der Waals surface area contributed by atoms with Gasteiger partial charge < -0.3 is 9.33 Å². The van der Waals surface area contributed by atoms with Crippen molar-refractivity contribution < 1.29 is 4.43 Å². The van der Waals surface area contributed by atoms with Crippen LogP contribution in [0.1, 0.15) is 227 Å². The van der Waals surface area contributed by atoms with Gasteiger partial charge in [0, 0.05) is 13.2 Å². The maximum atomic E-state index is 7.35. The zero-order valence-electron chi connectivity index (χ0n) is 38.8. The fourth-order valence-corrected chi connectivity index (χ4v) is 13.4. The van der Waals surface area contributed by atoms with Crippen molar-refractivity contribution in [3.8, 4) is 0 Å². The van der Waals surface area contributed by atoms with E-state index < -0.39 is 8.32 Å². The molecule has 57 heavy (non-hydrogen) atoms. The Morgan fingerprint density at radius 1 is 0.421 bits per heavy atom. The highest BCUT2D eigenvalue weighted by molar-refractivity contribution is 6.99. The van der Waals surface area contributed by atoms with Crippen LogP contribution >= 0.6 is 0 Å². The molecule has 0 radical (unpaired) electrons. The van der Waals surface area contributed by atoms with Crippen molar-refractivity contribution in [2.45, 2.75) is 232 Å². The third kappa shape index (κ3) is 24.2. The second-order valence-electron chi connectivity index (χ2n) is 18.6. The van der Waals surface area contributed by atoms with Crippen LogP contribution in [-0.4, -0.2) is 39.5 Å². The van der Waals surface area contributed by atoms with E-state index in [1.54, 1.807) is 0 Å². The standard InChI is InChI=1S/C54H95NOSi/c1-6-8-10-12-14-16-18-20-22-24-26-28-30-32-34-42-48-55(49-43-35-33-31-29-27-25-23-21-19-17-15-13-11-9-7-2)50-51-56-57(54(3,4)5,52-44-38-36-39-45-52)53-46-40-37-41-47-53/h20,22,36-41,44-47H,6-19,21,23-35,42-43,48-51H2,1-5H3/b22-20-. The van der Waals surface area contributed by atoms with Crippen LogP contribution < -0.4 is 10.4 Å². The molecule has 0 spiro atoms. The number of allylic oxidation sites excluding steroid dienone is 2. The van der Waals surface area contributed by atoms with Crippen molar-refractivity contribution in [2.75, 3.05) is 26.2 Å². The van der Waals surface area contributed by atoms with E-state index in [9.17, 15) is 0 Å². The molecule has 0 fully saturated rings. The molecule has 0 heterocycles. The van der Waals surface area contributed by atoms with Crippen LogP contribution in [0.15, 0.2) is 72.8 Å². The molecule has 0 aliphatic carbocycles. The van der Waals surface area contributed by atoms with Crippen LogP contribution in [0.2, 0.25) is 5.04 Å². The summed E-state index contributed by atoms with van der Waals surface area (Å²) in [6.07, 6.45) is 46.9. The van der Waals surface area contributed by atoms with E-state index in [0.29, 0.717) is 0 Å². The third-order valence-electron chi connectivity index (χ3n) is 12.5. The van der Waals surface area contributed by atoms with Gasteiger partial charge in [-0.05, 0) is 67.0 Å². The van der Waals surface area contributed by atoms with Gasteiger partial charge in [-0.2, -0.15) is 0 Å². The van der Waals surface area contributed by atoms with Crippen LogP contribution in [-0.2, 0) is 4.43 Å². The Kier molecular flexibility index (Phi) is 31.7. The van der Waals surface area contributed by atoms with Crippen LogP contribution in [0.5, 0.6) is 0 Å². The molecule has 0 aliphatic heterocycles. The molecule has 0 unspecified atom stereocenters. The monoisotopic (exact) mass is 802 g/mol. The normalized spacial score (nSPS) is 12.4. The van der Waals surface area contributed by atoms with Gasteiger partial charge in [-0.15, -0.1) is 0 Å². The zero-order valence-corrected chi connectivity index (χ0v) is 39.8. The van der Waals surface area contributed by atoms with Gasteiger partial charge in [-0.1, -0.05) is 262 Å². The second-order valence-corrected chi connectivity index (χ2v) is 22.9. The Labute approximate surface area is 358 Å². The average Bonchev–Trinajstić information content (AvgIpc) is 3.22. The Hall–Kier alpha value is -1.68. The molecule has 3 heteroatoms. The van der Waals surface area contributed by atoms with Crippen molar-refractivity contribution >= 4 is 18.7 Å². The first-order chi connectivity index (χ1) is 28.0. The molecule has 326 valence electrons. The number of rotatable bonds is 39. The van der Waals surface area contributed by atoms with E-state index in [-0.39, 0.29) is 5.04 Å². The maximum absolute atomic E-state index is 7.35. The molecule has 2 aromatic rings. The highest BCUT2D eigenvalue weighted by Crippen LogP contribution is 2.36. The first kappa shape index (κ1) is 51.5. The minimum Gasteiger partial charge on any atom is -0.406 e. The lowest BCUT2D eigenvalue weighted by atomic mass is 10.0. The predicted octanol–water partition coefficient (Wildman–Crippen LogP) is 16.2. The van der Waals surface area contributed by atoms with Crippen molar-refractivity contribution in [2.24, 2.45) is 0 Å². The fourth-order valence-electron chi connectivity index (χ4n) is 8.89. The SMILES string of the molecule is CCCCCCCC/C=C\CCCCCCCCN(CCCCCCCCCCCCCCCCCC)CCO[Si](c1ccccc1)(c1ccccc1)C(C)(C)C. The minimum atomic E-state index is -2.50. The molecular formula is C54H95NOSi. The van der Waals surface area contributed by atoms with Gasteiger partial charge in [0.05, 0.1) is 0 Å². The number of benzene rings is 2. The van der Waals surface area contributed by atoms with Crippen LogP contribution in [0, 0.1) is 0 Å². The van der Waals surface area contributed by atoms with Crippen LogP contribution in [0.25, 0.3) is 0 Å². The second kappa shape index (κ2) is 35.1. The molecule has 2 nitrogen and oxygen atoms in total. The number of nitrogens with zero attached hydrogens (tertiary/aromatic N) is 1. The van der Waals surface area contributed by atoms with Crippen molar-refractivity contribution in [3.05, 3.63) is 72.8 Å². The van der Waals surface area contributed by atoms with Crippen LogP contribution in [0.3, 0.4) is 0 Å². The first-order valence-corrected chi connectivity index (χ1v) is 27.0. The third-order valence-corrected chi connectivity index (χ3v) is 17.5. The summed E-state index contributed by atoms with van der Waals surface area (Å²) >= 11 is 0. The van der Waals surface area contributed by atoms with E-state index in [0.717, 1.165) is 13.2 Å². The smallest absolute Gasteiger partial charge is 0.261 e. The molecular weight excluding hydrogens is 707 g/mol. The predicted molar refractivity (Wildman–Crippen MR) is 259 cm³/mol. The first-order valence-electron chi connectivity index (χ1n) is 25.1. The molecule has 0 atom stereocenters. The van der Waals surface area contributed by atoms with Gasteiger partial charge in [0.2, 0.25) is 0 Å². The summed E-state index contributed by atoms with van der Waals surface area (Å²) in [6, 6.07) is 22.4. The summed E-state index contributed by atoms with van der Waals surface area (Å²) in [5, 5.41) is 2.81. The lowest BCUT2D eigenvalue weighted by Crippen LogP contribution is -2.67. The molecule has 0 saturated heterocycles. The van der Waals surface area contributed by atoms with Crippen molar-refractivity contribution in [1.29, 1.82) is 0 Å². The molecule has 0 saturated carbocycles. The Balaban J connectivity index is 1.77. The van der Waals surface area contributed by atoms with Gasteiger partial charge in [-0.3, -0.25) is 0 Å². The summed E-state index contributed by atoms with van der Waals surface area (Å²) in [5.74, 6) is 0. The molecule has 2 rings (SSSR count). The highest BCUT2D eigenvalue weighted by Gasteiger charge is 2.50. The van der Waals surface area contributed by atoms with Gasteiger partial charge in [0.15, 0.2) is 0 Å². The minimum absolute atomic E-state index is 0.0259. The summed E-state index contributed by atoms with van der Waals surface area (Å²) in [7, 11) is -2.50. The van der Waals surface area contributed by atoms with Gasteiger partial charge in [0.25, 0.3) is 8.32 Å². The quantitative estimate of drug-likeness (QED) is 0.0379. The molecule has 0 amide bonds. The van der Waals surface area contributed by atoms with Crippen molar-refractivity contribution in [1.82, 2.24) is 4.90 Å². The molecule has 2 aromatic carbocycles. The largest absolute Gasteiger partial charge is 0.406 e. The lowest BCUT2D eigenvalue weighted by molar-refractivity contribution is 0.195. The number of hydrogen-bond donors (Lipinski definition) is 0. The molecule has 0 aliphatic rings. The average molecular weight is 802 g/mol. The fraction of sp³-hybridized carbons (Fsp3) is 0.741. The Morgan fingerprint density at radius 2 is 0.737 bits per heavy atom. The van der Waals surface area contributed by atoms with Crippen LogP contribution in [0.4, 0.5) is 0 Å². The van der Waals surface area contributed by atoms with Gasteiger partial charge >= 0.3 is 0 Å². The summed E-state index contributed by atoms with van der Waals surface area (Å²) in [5.41, 5.74) is 0. The number of hydrogen-bond acceptors (Lipinski definition) is 2. The van der Waals surface area contributed by atoms with Gasteiger partial charge in [-0.25, -0.2) is 0 Å². The summed E-state index contributed by atoms with van der Waals surface area (Å²) in [4.78, 5) is 2.76. The van der Waals surface area contributed by atoms with E-state index in [1.165, 1.54) is 216 Å². The van der Waals surface area contributed by atoms with Crippen molar-refractivity contribution in [3.63, 3.8) is 0 Å².